The van der Waals surface area contributed by atoms with E-state index in [2.05, 4.69) is 5.10 Å². The van der Waals surface area contributed by atoms with Gasteiger partial charge in [0.05, 0.1) is 16.9 Å². The fourth-order valence-electron chi connectivity index (χ4n) is 1.29. The third kappa shape index (κ3) is 2.12. The molecule has 7 heteroatoms. The van der Waals surface area contributed by atoms with Crippen LogP contribution in [0.2, 0.25) is 0 Å². The van der Waals surface area contributed by atoms with Crippen molar-refractivity contribution in [3.05, 3.63) is 21.9 Å². The molecule has 0 saturated carbocycles. The van der Waals surface area contributed by atoms with E-state index in [4.69, 9.17) is 5.11 Å². The Kier molecular flexibility index (Phi) is 3.03. The Morgan fingerprint density at radius 2 is 2.40 bits per heavy atom. The monoisotopic (exact) mass is 213 g/mol. The zero-order valence-corrected chi connectivity index (χ0v) is 8.38. The van der Waals surface area contributed by atoms with Crippen molar-refractivity contribution in [3.8, 4) is 0 Å². The Morgan fingerprint density at radius 3 is 2.73 bits per heavy atom. The minimum absolute atomic E-state index is 0.297. The molecule has 0 spiro atoms. The molecular weight excluding hydrogens is 202 g/mol. The molecule has 1 heterocycles. The van der Waals surface area contributed by atoms with Crippen molar-refractivity contribution >= 4 is 11.8 Å². The molecule has 7 nitrogen and oxygen atoms in total. The first-order valence-electron chi connectivity index (χ1n) is 4.40. The lowest BCUT2D eigenvalue weighted by Crippen LogP contribution is -2.18. The zero-order chi connectivity index (χ0) is 11.6. The van der Waals surface area contributed by atoms with E-state index in [9.17, 15) is 14.9 Å². The molecule has 1 aromatic heterocycles. The van der Waals surface area contributed by atoms with Crippen LogP contribution in [-0.2, 0) is 4.79 Å². The zero-order valence-electron chi connectivity index (χ0n) is 8.38. The van der Waals surface area contributed by atoms with Crippen LogP contribution in [0.15, 0.2) is 6.20 Å². The lowest BCUT2D eigenvalue weighted by molar-refractivity contribution is -0.390. The van der Waals surface area contributed by atoms with Gasteiger partial charge >= 0.3 is 11.8 Å². The van der Waals surface area contributed by atoms with Crippen LogP contribution in [0.5, 0.6) is 0 Å². The molecule has 0 aliphatic rings. The summed E-state index contributed by atoms with van der Waals surface area (Å²) >= 11 is 0. The molecule has 15 heavy (non-hydrogen) atoms. The number of hydrogen-bond acceptors (Lipinski definition) is 4. The largest absolute Gasteiger partial charge is 0.480 e. The summed E-state index contributed by atoms with van der Waals surface area (Å²) in [5, 5.41) is 23.0. The van der Waals surface area contributed by atoms with Crippen molar-refractivity contribution in [2.45, 2.75) is 26.3 Å². The van der Waals surface area contributed by atoms with Crippen LogP contribution in [0.4, 0.5) is 5.82 Å². The molecule has 1 aromatic rings. The summed E-state index contributed by atoms with van der Waals surface area (Å²) in [7, 11) is 0. The number of nitro groups is 1. The Labute approximate surface area is 85.5 Å². The molecule has 0 amide bonds. The van der Waals surface area contributed by atoms with Gasteiger partial charge in [0.15, 0.2) is 6.04 Å². The van der Waals surface area contributed by atoms with E-state index in [1.54, 1.807) is 6.92 Å². The van der Waals surface area contributed by atoms with Crippen molar-refractivity contribution in [1.29, 1.82) is 0 Å². The number of rotatable bonds is 4. The molecule has 1 unspecified atom stereocenters. The maximum absolute atomic E-state index is 10.8. The van der Waals surface area contributed by atoms with Gasteiger partial charge in [-0.3, -0.25) is 0 Å². The fraction of sp³-hybridized carbons (Fsp3) is 0.500. The van der Waals surface area contributed by atoms with Crippen LogP contribution in [0, 0.1) is 17.0 Å². The van der Waals surface area contributed by atoms with Gasteiger partial charge in [0.2, 0.25) is 0 Å². The SMILES string of the molecule is CCC(C(=O)O)n1cc(C)c([N+](=O)[O-])n1. The average Bonchev–Trinajstić information content (AvgIpc) is 2.48. The van der Waals surface area contributed by atoms with E-state index < -0.39 is 16.9 Å². The van der Waals surface area contributed by atoms with Crippen molar-refractivity contribution < 1.29 is 14.8 Å². The molecule has 1 rings (SSSR count). The predicted molar refractivity (Wildman–Crippen MR) is 50.6 cm³/mol. The second-order valence-electron chi connectivity index (χ2n) is 3.14. The fourth-order valence-corrected chi connectivity index (χ4v) is 1.29. The summed E-state index contributed by atoms with van der Waals surface area (Å²) in [6.07, 6.45) is 1.70. The summed E-state index contributed by atoms with van der Waals surface area (Å²) in [6, 6.07) is -0.850. The second kappa shape index (κ2) is 4.07. The highest BCUT2D eigenvalue weighted by molar-refractivity contribution is 5.71. The molecule has 0 fully saturated rings. The first kappa shape index (κ1) is 11.2. The predicted octanol–water partition coefficient (Wildman–Crippen LogP) is 1.14. The summed E-state index contributed by atoms with van der Waals surface area (Å²) in [5.74, 6) is -1.34. The molecule has 1 N–H and O–H groups in total. The van der Waals surface area contributed by atoms with Gasteiger partial charge in [-0.25, -0.2) is 4.79 Å². The number of hydrogen-bond donors (Lipinski definition) is 1. The minimum atomic E-state index is -1.05. The summed E-state index contributed by atoms with van der Waals surface area (Å²) < 4.78 is 1.12. The topological polar surface area (TPSA) is 98.3 Å². The van der Waals surface area contributed by atoms with Gasteiger partial charge in [-0.05, 0) is 18.3 Å². The maximum Gasteiger partial charge on any atom is 0.392 e. The lowest BCUT2D eigenvalue weighted by Gasteiger charge is -2.04. The third-order valence-corrected chi connectivity index (χ3v) is 2.05. The normalized spacial score (nSPS) is 12.4. The summed E-state index contributed by atoms with van der Waals surface area (Å²) in [6.45, 7) is 3.21. The third-order valence-electron chi connectivity index (χ3n) is 2.05. The van der Waals surface area contributed by atoms with Crippen LogP contribution in [-0.4, -0.2) is 25.8 Å². The molecule has 82 valence electrons. The van der Waals surface area contributed by atoms with Crippen molar-refractivity contribution in [1.82, 2.24) is 9.78 Å². The standard InChI is InChI=1S/C8H11N3O4/c1-3-6(8(12)13)10-4-5(2)7(9-10)11(14)15/h4,6H,3H2,1-2H3,(H,12,13). The minimum Gasteiger partial charge on any atom is -0.480 e. The highest BCUT2D eigenvalue weighted by Gasteiger charge is 2.25. The highest BCUT2D eigenvalue weighted by atomic mass is 16.6. The molecule has 0 aliphatic heterocycles. The van der Waals surface area contributed by atoms with E-state index in [0.29, 0.717) is 12.0 Å². The van der Waals surface area contributed by atoms with Crippen LogP contribution in [0.25, 0.3) is 0 Å². The van der Waals surface area contributed by atoms with E-state index in [1.807, 2.05) is 0 Å². The number of carboxylic acids is 1. The molecule has 0 bridgehead atoms. The van der Waals surface area contributed by atoms with Gasteiger partial charge in [0.1, 0.15) is 0 Å². The molecule has 0 saturated heterocycles. The van der Waals surface area contributed by atoms with Crippen LogP contribution < -0.4 is 0 Å². The number of aromatic nitrogens is 2. The molecule has 1 atom stereocenters. The van der Waals surface area contributed by atoms with E-state index in [0.717, 1.165) is 4.68 Å². The quantitative estimate of drug-likeness (QED) is 0.597. The highest BCUT2D eigenvalue weighted by Crippen LogP contribution is 2.19. The van der Waals surface area contributed by atoms with Gasteiger partial charge in [-0.15, -0.1) is 0 Å². The van der Waals surface area contributed by atoms with E-state index >= 15 is 0 Å². The number of carbonyl (C=O) groups is 1. The van der Waals surface area contributed by atoms with Crippen LogP contribution >= 0.6 is 0 Å². The van der Waals surface area contributed by atoms with Crippen molar-refractivity contribution in [2.75, 3.05) is 0 Å². The molecule has 0 radical (unpaired) electrons. The van der Waals surface area contributed by atoms with Gasteiger partial charge < -0.3 is 15.2 Å². The Hall–Kier alpha value is -1.92. The smallest absolute Gasteiger partial charge is 0.392 e. The summed E-state index contributed by atoms with van der Waals surface area (Å²) in [5.41, 5.74) is 0.361. The molecular formula is C8H11N3O4. The molecule has 0 aliphatic carbocycles. The van der Waals surface area contributed by atoms with E-state index in [-0.39, 0.29) is 5.82 Å². The average molecular weight is 213 g/mol. The Bertz CT molecular complexity index is 399. The number of aryl methyl sites for hydroxylation is 1. The van der Waals surface area contributed by atoms with Gasteiger partial charge in [-0.2, -0.15) is 4.68 Å². The second-order valence-corrected chi connectivity index (χ2v) is 3.14. The van der Waals surface area contributed by atoms with Crippen LogP contribution in [0.3, 0.4) is 0 Å². The first-order valence-corrected chi connectivity index (χ1v) is 4.40. The van der Waals surface area contributed by atoms with Crippen molar-refractivity contribution in [3.63, 3.8) is 0 Å². The van der Waals surface area contributed by atoms with E-state index in [1.165, 1.54) is 13.1 Å². The number of carboxylic acid groups (broad SMARTS) is 1. The first-order chi connectivity index (χ1) is 6.97. The number of aliphatic carboxylic acids is 1. The summed E-state index contributed by atoms with van der Waals surface area (Å²) in [4.78, 5) is 20.7. The maximum atomic E-state index is 10.8. The van der Waals surface area contributed by atoms with Crippen molar-refractivity contribution in [2.24, 2.45) is 0 Å². The lowest BCUT2D eigenvalue weighted by atomic mass is 10.2. The van der Waals surface area contributed by atoms with Gasteiger partial charge in [-0.1, -0.05) is 6.92 Å². The Balaban J connectivity index is 3.10. The van der Waals surface area contributed by atoms with Gasteiger partial charge in [0.25, 0.3) is 0 Å². The van der Waals surface area contributed by atoms with Crippen LogP contribution in [0.1, 0.15) is 24.9 Å². The number of nitrogens with zero attached hydrogens (tertiary/aromatic N) is 3. The van der Waals surface area contributed by atoms with Gasteiger partial charge in [0, 0.05) is 0 Å². The molecule has 0 aromatic carbocycles. The Morgan fingerprint density at radius 1 is 1.80 bits per heavy atom.